The van der Waals surface area contributed by atoms with Crippen LogP contribution < -0.4 is 4.74 Å². The molecule has 4 aromatic heterocycles. The summed E-state index contributed by atoms with van der Waals surface area (Å²) >= 11 is 0. The van der Waals surface area contributed by atoms with Crippen LogP contribution in [0.15, 0.2) is 132 Å². The van der Waals surface area contributed by atoms with Crippen molar-refractivity contribution in [2.45, 2.75) is 93.5 Å². The molecule has 0 atom stereocenters. The maximum Gasteiger partial charge on any atom is 0.227 e. The minimum atomic E-state index is -2.85. The number of rotatable bonds is 8. The van der Waals surface area contributed by atoms with Crippen molar-refractivity contribution in [3.8, 4) is 67.4 Å². The van der Waals surface area contributed by atoms with E-state index >= 15 is 0 Å². The van der Waals surface area contributed by atoms with E-state index in [9.17, 15) is 1.37 Å². The monoisotopic (exact) mass is 868 g/mol. The highest BCUT2D eigenvalue weighted by Gasteiger charge is 2.28. The van der Waals surface area contributed by atoms with E-state index < -0.39 is 51.3 Å². The van der Waals surface area contributed by atoms with Gasteiger partial charge in [-0.15, -0.1) is 0 Å². The predicted molar refractivity (Wildman–Crippen MR) is 269 cm³/mol. The molecular weight excluding hydrogens is 795 g/mol. The van der Waals surface area contributed by atoms with Crippen LogP contribution in [0.5, 0.6) is 11.5 Å². The molecule has 0 radical (unpaired) electrons. The predicted octanol–water partition coefficient (Wildman–Crippen LogP) is 16.7. The Bertz CT molecular complexity index is 3920. The highest BCUT2D eigenvalue weighted by atomic mass is 16.5. The van der Waals surface area contributed by atoms with Crippen LogP contribution in [0.3, 0.4) is 0 Å². The molecule has 4 heterocycles. The van der Waals surface area contributed by atoms with Gasteiger partial charge in [-0.3, -0.25) is 9.97 Å². The van der Waals surface area contributed by atoms with E-state index in [0.717, 1.165) is 19.0 Å². The van der Waals surface area contributed by atoms with E-state index in [-0.39, 0.29) is 56.1 Å². The minimum absolute atomic E-state index is 0.0303. The average molecular weight is 868 g/mol. The Labute approximate surface area is 406 Å². The zero-order valence-electron chi connectivity index (χ0n) is 52.6. The van der Waals surface area contributed by atoms with Crippen molar-refractivity contribution in [3.05, 3.63) is 172 Å². The number of ether oxygens (including phenoxy) is 1. The molecule has 1 fully saturated rings. The molecule has 0 amide bonds. The van der Waals surface area contributed by atoms with Gasteiger partial charge in [-0.05, 0) is 206 Å². The molecule has 9 aromatic rings. The van der Waals surface area contributed by atoms with E-state index in [0.29, 0.717) is 85.1 Å². The summed E-state index contributed by atoms with van der Waals surface area (Å²) in [5.41, 5.74) is 4.70. The van der Waals surface area contributed by atoms with E-state index in [1.165, 1.54) is 18.2 Å². The van der Waals surface area contributed by atoms with Crippen LogP contribution in [0, 0.1) is 53.5 Å². The number of furan rings is 1. The topological polar surface area (TPSA) is 61.0 Å². The first-order valence-corrected chi connectivity index (χ1v) is 21.7. The van der Waals surface area contributed by atoms with Crippen molar-refractivity contribution in [2.75, 3.05) is 0 Å². The molecule has 0 N–H and O–H groups in total. The van der Waals surface area contributed by atoms with Crippen LogP contribution in [0.25, 0.3) is 78.0 Å². The molecule has 0 unspecified atom stereocenters. The lowest BCUT2D eigenvalue weighted by Crippen LogP contribution is -2.20. The molecule has 0 aliphatic heterocycles. The maximum absolute atomic E-state index is 9.41. The van der Waals surface area contributed by atoms with E-state index in [1.807, 2.05) is 19.1 Å². The zero-order chi connectivity index (χ0) is 58.6. The van der Waals surface area contributed by atoms with Gasteiger partial charge < -0.3 is 9.15 Å². The third-order valence-electron chi connectivity index (χ3n) is 12.8. The van der Waals surface area contributed by atoms with Gasteiger partial charge in [0.1, 0.15) is 17.1 Å². The van der Waals surface area contributed by atoms with Gasteiger partial charge in [0.2, 0.25) is 5.71 Å². The molecule has 10 rings (SSSR count). The summed E-state index contributed by atoms with van der Waals surface area (Å²) in [5.74, 6) is -0.993. The third-order valence-corrected chi connectivity index (χ3v) is 12.8. The molecule has 5 aromatic carbocycles. The lowest BCUT2D eigenvalue weighted by Gasteiger charge is -2.34. The fourth-order valence-electron chi connectivity index (χ4n) is 8.94. The molecule has 0 spiro atoms. The molecule has 5 heteroatoms. The van der Waals surface area contributed by atoms with Gasteiger partial charge in [-0.25, -0.2) is 4.98 Å². The van der Waals surface area contributed by atoms with Gasteiger partial charge in [0.15, 0.2) is 0 Å². The van der Waals surface area contributed by atoms with Gasteiger partial charge >= 0.3 is 0 Å². The molecule has 0 bridgehead atoms. The SMILES string of the molecule is [2H]C([2H])([2H])c1cc(C2([2H])CCC(C)(C)CC2)ccc1-c1ccc(-c2cc(-c3cc(Oc4cc(-c5cc(C([2H])([2H])[2H])c(C([2H])([2H])[2H])cn5)cc(-c5ccccc5)c4C([2H])([2H])[2H])cc4c3oc3nc(C)ccc34)ncc2C)c(C([2H])([2H])[2H])c1. The second kappa shape index (κ2) is 16.6. The quantitative estimate of drug-likeness (QED) is 0.152. The fraction of sp³-hybridized carbons (Fsp3) is 0.250. The first-order chi connectivity index (χ1) is 37.7. The Morgan fingerprint density at radius 1 is 0.600 bits per heavy atom. The maximum atomic E-state index is 9.41. The number of aryl methyl sites for hydroxylation is 6. The van der Waals surface area contributed by atoms with Crippen LogP contribution in [0.4, 0.5) is 0 Å². The molecular formula is C60H57N3O2. The minimum Gasteiger partial charge on any atom is -0.457 e. The molecule has 324 valence electrons. The number of fused-ring (bicyclic) bond motifs is 3. The third kappa shape index (κ3) is 8.14. The first-order valence-electron chi connectivity index (χ1n) is 29.7. The number of aromatic nitrogens is 3. The van der Waals surface area contributed by atoms with Crippen molar-refractivity contribution < 1.29 is 31.1 Å². The summed E-state index contributed by atoms with van der Waals surface area (Å²) in [6.07, 6.45) is 5.42. The lowest BCUT2D eigenvalue weighted by atomic mass is 9.71. The summed E-state index contributed by atoms with van der Waals surface area (Å²) in [4.78, 5) is 13.9. The smallest absolute Gasteiger partial charge is 0.227 e. The molecule has 1 aliphatic rings. The zero-order valence-corrected chi connectivity index (χ0v) is 36.6. The van der Waals surface area contributed by atoms with Crippen LogP contribution in [-0.4, -0.2) is 15.0 Å². The van der Waals surface area contributed by atoms with Gasteiger partial charge in [0.05, 0.1) is 11.4 Å². The summed E-state index contributed by atoms with van der Waals surface area (Å²) in [5, 5.41) is 1.10. The Kier molecular flexibility index (Phi) is 7.02. The number of hydrogen-bond donors (Lipinski definition) is 0. The van der Waals surface area contributed by atoms with Crippen molar-refractivity contribution >= 4 is 22.1 Å². The van der Waals surface area contributed by atoms with Gasteiger partial charge in [-0.2, -0.15) is 0 Å². The molecule has 0 saturated heterocycles. The van der Waals surface area contributed by atoms with E-state index in [4.69, 9.17) is 34.7 Å². The summed E-state index contributed by atoms with van der Waals surface area (Å²) < 4.78 is 151. The van der Waals surface area contributed by atoms with Crippen LogP contribution in [0.2, 0.25) is 0 Å². The largest absolute Gasteiger partial charge is 0.457 e. The van der Waals surface area contributed by atoms with E-state index in [1.54, 1.807) is 98.0 Å². The molecule has 5 nitrogen and oxygen atoms in total. The molecule has 1 saturated carbocycles. The first kappa shape index (κ1) is 27.5. The van der Waals surface area contributed by atoms with Crippen molar-refractivity contribution in [1.82, 2.24) is 15.0 Å². The Balaban J connectivity index is 1.14. The van der Waals surface area contributed by atoms with Crippen LogP contribution in [-0.2, 0) is 0 Å². The summed E-state index contributed by atoms with van der Waals surface area (Å²) in [6.45, 7) is -5.78. The Morgan fingerprint density at radius 2 is 1.37 bits per heavy atom. The lowest BCUT2D eigenvalue weighted by molar-refractivity contribution is 0.224. The second-order valence-electron chi connectivity index (χ2n) is 17.9. The number of hydrogen-bond acceptors (Lipinski definition) is 5. The van der Waals surface area contributed by atoms with Crippen LogP contribution >= 0.6 is 0 Å². The number of benzene rings is 5. The summed E-state index contributed by atoms with van der Waals surface area (Å²) in [7, 11) is 0. The number of pyridine rings is 3. The highest BCUT2D eigenvalue weighted by molar-refractivity contribution is 6.09. The van der Waals surface area contributed by atoms with E-state index in [2.05, 4.69) is 23.8 Å². The average Bonchev–Trinajstić information content (AvgIpc) is 3.82. The highest BCUT2D eigenvalue weighted by Crippen LogP contribution is 2.45. The standard InChI is InChI=1S/C60H57N3O2/c1-35-27-55(61-33-38(35)4)46-28-52(43-13-11-10-12-14-43)41(7)57(29-46)64-47-30-53-50-18-15-40(6)63-59(50)65-58(53)54(31-47)56-32-51(39(5)34-62-56)49-20-17-45(26-37(49)3)48-19-16-44(25-36(48)2)42-21-23-60(8,9)24-22-42/h10-20,25-34,42H,21-24H2,1-9H3/i1D3,2D3,3D3,4D3,7D3,42D. The Morgan fingerprint density at radius 3 is 2.17 bits per heavy atom. The summed E-state index contributed by atoms with van der Waals surface area (Å²) in [6, 6.07) is 31.5. The number of nitrogens with zero attached hydrogens (tertiary/aromatic N) is 3. The fourth-order valence-corrected chi connectivity index (χ4v) is 8.94. The van der Waals surface area contributed by atoms with Crippen molar-refractivity contribution in [2.24, 2.45) is 5.41 Å². The van der Waals surface area contributed by atoms with Crippen molar-refractivity contribution in [3.63, 3.8) is 0 Å². The molecule has 65 heavy (non-hydrogen) atoms. The second-order valence-corrected chi connectivity index (χ2v) is 17.9. The van der Waals surface area contributed by atoms with Gasteiger partial charge in [0.25, 0.3) is 0 Å². The Hall–Kier alpha value is -6.85. The normalized spacial score (nSPS) is 19.1. The van der Waals surface area contributed by atoms with Crippen molar-refractivity contribution in [1.29, 1.82) is 0 Å². The molecule has 1 aliphatic carbocycles. The van der Waals surface area contributed by atoms with Gasteiger partial charge in [-0.1, -0.05) is 80.6 Å². The van der Waals surface area contributed by atoms with Crippen LogP contribution in [0.1, 0.15) is 112 Å². The van der Waals surface area contributed by atoms with Gasteiger partial charge in [0, 0.05) is 61.9 Å².